The zero-order chi connectivity index (χ0) is 10.7. The molecule has 0 spiro atoms. The molecule has 3 nitrogen and oxygen atoms in total. The van der Waals surface area contributed by atoms with Gasteiger partial charge in [-0.2, -0.15) is 0 Å². The molecule has 0 fully saturated rings. The summed E-state index contributed by atoms with van der Waals surface area (Å²) in [6.45, 7) is 0. The van der Waals surface area contributed by atoms with E-state index in [1.54, 1.807) is 23.9 Å². The van der Waals surface area contributed by atoms with Crippen molar-refractivity contribution in [3.8, 4) is 0 Å². The Morgan fingerprint density at radius 3 is 3.00 bits per heavy atom. The molecule has 0 aromatic carbocycles. The molecular weight excluding hydrogens is 323 g/mol. The standard InChI is InChI=1S/C10H11IN2OS/c11-10-4-8(6-15-10)9(13-12)3-7-1-2-14-5-7/h1-2,4-6,9,13H,3,12H2. The van der Waals surface area contributed by atoms with E-state index < -0.39 is 0 Å². The van der Waals surface area contributed by atoms with Gasteiger partial charge in [0.05, 0.1) is 21.5 Å². The summed E-state index contributed by atoms with van der Waals surface area (Å²) in [5.74, 6) is 5.55. The van der Waals surface area contributed by atoms with Crippen molar-refractivity contribution in [1.29, 1.82) is 0 Å². The number of halogens is 1. The number of hydrogen-bond acceptors (Lipinski definition) is 4. The predicted octanol–water partition coefficient (Wildman–Crippen LogP) is 2.69. The average molecular weight is 334 g/mol. The van der Waals surface area contributed by atoms with Crippen LogP contribution in [0.2, 0.25) is 0 Å². The first kappa shape index (κ1) is 11.1. The molecule has 2 aromatic rings. The minimum absolute atomic E-state index is 0.155. The van der Waals surface area contributed by atoms with E-state index in [-0.39, 0.29) is 6.04 Å². The van der Waals surface area contributed by atoms with Gasteiger partial charge in [-0.05, 0) is 57.7 Å². The molecule has 0 saturated heterocycles. The second-order valence-corrected chi connectivity index (χ2v) is 6.04. The minimum atomic E-state index is 0.155. The van der Waals surface area contributed by atoms with Crippen molar-refractivity contribution in [3.05, 3.63) is 44.0 Å². The molecule has 2 rings (SSSR count). The Balaban J connectivity index is 2.11. The van der Waals surface area contributed by atoms with E-state index in [4.69, 9.17) is 10.3 Å². The van der Waals surface area contributed by atoms with Crippen molar-refractivity contribution < 1.29 is 4.42 Å². The molecule has 1 atom stereocenters. The summed E-state index contributed by atoms with van der Waals surface area (Å²) in [6, 6.07) is 4.26. The molecule has 15 heavy (non-hydrogen) atoms. The average Bonchev–Trinajstić information content (AvgIpc) is 2.85. The number of hydrazine groups is 1. The monoisotopic (exact) mass is 334 g/mol. The van der Waals surface area contributed by atoms with Crippen molar-refractivity contribution in [3.63, 3.8) is 0 Å². The molecule has 0 aliphatic carbocycles. The first-order chi connectivity index (χ1) is 7.29. The maximum Gasteiger partial charge on any atom is 0.0935 e. The molecular formula is C10H11IN2OS. The van der Waals surface area contributed by atoms with E-state index >= 15 is 0 Å². The zero-order valence-electron chi connectivity index (χ0n) is 7.94. The molecule has 1 unspecified atom stereocenters. The first-order valence-electron chi connectivity index (χ1n) is 4.50. The van der Waals surface area contributed by atoms with E-state index in [2.05, 4.69) is 39.5 Å². The molecule has 0 radical (unpaired) electrons. The summed E-state index contributed by atoms with van der Waals surface area (Å²) in [4.78, 5) is 0. The third-order valence-corrected chi connectivity index (χ3v) is 4.02. The van der Waals surface area contributed by atoms with Gasteiger partial charge in [-0.1, -0.05) is 0 Å². The lowest BCUT2D eigenvalue weighted by molar-refractivity contribution is 0.537. The Morgan fingerprint density at radius 1 is 1.60 bits per heavy atom. The van der Waals surface area contributed by atoms with E-state index in [1.807, 2.05) is 6.07 Å². The van der Waals surface area contributed by atoms with Crippen LogP contribution in [0.4, 0.5) is 0 Å². The Labute approximate surface area is 106 Å². The Morgan fingerprint density at radius 2 is 2.47 bits per heavy atom. The maximum atomic E-state index is 5.55. The summed E-state index contributed by atoms with van der Waals surface area (Å²) in [5, 5.41) is 2.13. The van der Waals surface area contributed by atoms with Crippen LogP contribution in [0.5, 0.6) is 0 Å². The number of hydrogen-bond donors (Lipinski definition) is 2. The largest absolute Gasteiger partial charge is 0.472 e. The topological polar surface area (TPSA) is 51.2 Å². The number of furan rings is 1. The molecule has 0 amide bonds. The van der Waals surface area contributed by atoms with Crippen molar-refractivity contribution >= 4 is 33.9 Å². The van der Waals surface area contributed by atoms with Crippen LogP contribution in [0.25, 0.3) is 0 Å². The van der Waals surface area contributed by atoms with Gasteiger partial charge in [0.15, 0.2) is 0 Å². The number of thiophene rings is 1. The van der Waals surface area contributed by atoms with Crippen molar-refractivity contribution in [1.82, 2.24) is 5.43 Å². The SMILES string of the molecule is NNC(Cc1ccoc1)c1csc(I)c1. The highest BCUT2D eigenvalue weighted by Crippen LogP contribution is 2.24. The van der Waals surface area contributed by atoms with E-state index in [1.165, 1.54) is 8.45 Å². The van der Waals surface area contributed by atoms with Crippen LogP contribution in [0, 0.1) is 2.88 Å². The van der Waals surface area contributed by atoms with Gasteiger partial charge in [0.2, 0.25) is 0 Å². The summed E-state index contributed by atoms with van der Waals surface area (Å²) in [5.41, 5.74) is 5.21. The van der Waals surface area contributed by atoms with Gasteiger partial charge in [-0.25, -0.2) is 0 Å². The maximum absolute atomic E-state index is 5.55. The fourth-order valence-corrected chi connectivity index (χ4v) is 2.85. The van der Waals surface area contributed by atoms with Crippen LogP contribution in [-0.2, 0) is 6.42 Å². The number of rotatable bonds is 4. The van der Waals surface area contributed by atoms with Gasteiger partial charge in [0.1, 0.15) is 0 Å². The fraction of sp³-hybridized carbons (Fsp3) is 0.200. The van der Waals surface area contributed by atoms with E-state index in [9.17, 15) is 0 Å². The zero-order valence-corrected chi connectivity index (χ0v) is 10.9. The van der Waals surface area contributed by atoms with Crippen LogP contribution < -0.4 is 11.3 Å². The highest BCUT2D eigenvalue weighted by molar-refractivity contribution is 14.1. The van der Waals surface area contributed by atoms with E-state index in [0.717, 1.165) is 12.0 Å². The van der Waals surface area contributed by atoms with Crippen LogP contribution >= 0.6 is 33.9 Å². The number of nitrogens with one attached hydrogen (secondary N) is 1. The summed E-state index contributed by atoms with van der Waals surface area (Å²) in [7, 11) is 0. The normalized spacial score (nSPS) is 12.9. The molecule has 0 saturated carbocycles. The Hall–Kier alpha value is -0.370. The Kier molecular flexibility index (Phi) is 3.79. The molecule has 0 aliphatic rings. The van der Waals surface area contributed by atoms with Crippen LogP contribution in [0.3, 0.4) is 0 Å². The van der Waals surface area contributed by atoms with Crippen molar-refractivity contribution in [2.75, 3.05) is 0 Å². The quantitative estimate of drug-likeness (QED) is 0.514. The molecule has 0 bridgehead atoms. The third kappa shape index (κ3) is 2.81. The molecule has 5 heteroatoms. The second kappa shape index (κ2) is 5.11. The van der Waals surface area contributed by atoms with Gasteiger partial charge in [0.25, 0.3) is 0 Å². The number of nitrogens with two attached hydrogens (primary N) is 1. The van der Waals surface area contributed by atoms with Gasteiger partial charge in [-0.3, -0.25) is 11.3 Å². The summed E-state index contributed by atoms with van der Waals surface area (Å²) in [6.07, 6.45) is 4.28. The fourth-order valence-electron chi connectivity index (χ4n) is 1.42. The first-order valence-corrected chi connectivity index (χ1v) is 6.46. The van der Waals surface area contributed by atoms with Crippen LogP contribution in [-0.4, -0.2) is 0 Å². The highest BCUT2D eigenvalue weighted by atomic mass is 127. The summed E-state index contributed by atoms with van der Waals surface area (Å²) >= 11 is 4.04. The predicted molar refractivity (Wildman–Crippen MR) is 69.5 cm³/mol. The molecule has 80 valence electrons. The third-order valence-electron chi connectivity index (χ3n) is 2.21. The van der Waals surface area contributed by atoms with Gasteiger partial charge >= 0.3 is 0 Å². The van der Waals surface area contributed by atoms with E-state index in [0.29, 0.717) is 0 Å². The van der Waals surface area contributed by atoms with Crippen molar-refractivity contribution in [2.24, 2.45) is 5.84 Å². The molecule has 2 heterocycles. The van der Waals surface area contributed by atoms with Gasteiger partial charge in [-0.15, -0.1) is 11.3 Å². The summed E-state index contributed by atoms with van der Waals surface area (Å²) < 4.78 is 6.31. The lowest BCUT2D eigenvalue weighted by Gasteiger charge is -2.12. The Bertz CT molecular complexity index is 413. The molecule has 2 aromatic heterocycles. The van der Waals surface area contributed by atoms with Gasteiger partial charge in [0, 0.05) is 0 Å². The van der Waals surface area contributed by atoms with Gasteiger partial charge < -0.3 is 4.42 Å². The molecule has 3 N–H and O–H groups in total. The minimum Gasteiger partial charge on any atom is -0.472 e. The molecule has 0 aliphatic heterocycles. The lowest BCUT2D eigenvalue weighted by Crippen LogP contribution is -2.29. The second-order valence-electron chi connectivity index (χ2n) is 3.24. The van der Waals surface area contributed by atoms with Crippen molar-refractivity contribution in [2.45, 2.75) is 12.5 Å². The van der Waals surface area contributed by atoms with Crippen LogP contribution in [0.1, 0.15) is 17.2 Å². The lowest BCUT2D eigenvalue weighted by atomic mass is 10.0. The smallest absolute Gasteiger partial charge is 0.0935 e. The van der Waals surface area contributed by atoms with Crippen LogP contribution in [0.15, 0.2) is 34.5 Å². The highest BCUT2D eigenvalue weighted by Gasteiger charge is 2.12.